The minimum Gasteiger partial charge on any atom is -0.491 e. The van der Waals surface area contributed by atoms with E-state index < -0.39 is 0 Å². The molecule has 2 aromatic carbocycles. The zero-order valence-corrected chi connectivity index (χ0v) is 18.2. The van der Waals surface area contributed by atoms with Gasteiger partial charge in [0, 0.05) is 18.2 Å². The molecule has 0 aliphatic heterocycles. The maximum absolute atomic E-state index is 6.06. The molecule has 33 heavy (non-hydrogen) atoms. The second kappa shape index (κ2) is 9.09. The normalized spacial score (nSPS) is 11.1. The Hall–Kier alpha value is -4.24. The van der Waals surface area contributed by atoms with Gasteiger partial charge in [-0.1, -0.05) is 0 Å². The van der Waals surface area contributed by atoms with Crippen LogP contribution in [0.1, 0.15) is 5.56 Å². The van der Waals surface area contributed by atoms with Gasteiger partial charge in [0.15, 0.2) is 5.65 Å². The highest BCUT2D eigenvalue weighted by Gasteiger charge is 2.09. The molecule has 3 aromatic heterocycles. The Balaban J connectivity index is 1.36. The maximum Gasteiger partial charge on any atom is 0.155 e. The maximum atomic E-state index is 6.06. The van der Waals surface area contributed by atoms with Gasteiger partial charge in [0.2, 0.25) is 0 Å². The van der Waals surface area contributed by atoms with Crippen molar-refractivity contribution in [2.45, 2.75) is 6.92 Å². The molecule has 0 saturated carbocycles. The highest BCUT2D eigenvalue weighted by Crippen LogP contribution is 2.31. The lowest BCUT2D eigenvalue weighted by atomic mass is 10.2. The lowest BCUT2D eigenvalue weighted by Crippen LogP contribution is -2.04. The number of benzene rings is 2. The van der Waals surface area contributed by atoms with Gasteiger partial charge in [-0.15, -0.1) is 0 Å². The highest BCUT2D eigenvalue weighted by atomic mass is 16.5. The second-order valence-corrected chi connectivity index (χ2v) is 7.38. The predicted molar refractivity (Wildman–Crippen MR) is 124 cm³/mol. The van der Waals surface area contributed by atoms with Crippen molar-refractivity contribution in [2.75, 3.05) is 25.6 Å². The van der Waals surface area contributed by atoms with Crippen LogP contribution in [0, 0.1) is 6.92 Å². The number of anilines is 2. The first kappa shape index (κ1) is 20.7. The smallest absolute Gasteiger partial charge is 0.155 e. The van der Waals surface area contributed by atoms with Crippen molar-refractivity contribution in [1.29, 1.82) is 0 Å². The van der Waals surface area contributed by atoms with Crippen LogP contribution in [-0.4, -0.2) is 44.9 Å². The number of hydrogen-bond donors (Lipinski definition) is 1. The number of pyridine rings is 1. The summed E-state index contributed by atoms with van der Waals surface area (Å²) in [5, 5.41) is 8.40. The van der Waals surface area contributed by atoms with E-state index in [1.54, 1.807) is 24.1 Å². The number of aromatic nitrogens is 5. The molecule has 166 valence electrons. The molecule has 9 nitrogen and oxygen atoms in total. The Morgan fingerprint density at radius 1 is 0.909 bits per heavy atom. The average molecular weight is 442 g/mol. The topological polar surface area (TPSA) is 95.7 Å². The van der Waals surface area contributed by atoms with Crippen LogP contribution in [0.4, 0.5) is 11.5 Å². The van der Waals surface area contributed by atoms with Crippen molar-refractivity contribution in [3.8, 4) is 17.2 Å². The van der Waals surface area contributed by atoms with E-state index in [1.807, 2.05) is 55.5 Å². The molecule has 0 amide bonds. The first-order valence-electron chi connectivity index (χ1n) is 10.4. The SMILES string of the molecule is COCCOc1ccc2ncnc(Nc3ccc(Oc4ccc5ncnn5c4)c(C)c3)c2c1. The summed E-state index contributed by atoms with van der Waals surface area (Å²) in [5.74, 6) is 2.87. The van der Waals surface area contributed by atoms with Gasteiger partial charge in [0.1, 0.15) is 42.3 Å². The van der Waals surface area contributed by atoms with E-state index in [9.17, 15) is 0 Å². The largest absolute Gasteiger partial charge is 0.491 e. The third kappa shape index (κ3) is 4.53. The summed E-state index contributed by atoms with van der Waals surface area (Å²) in [5.41, 5.74) is 3.45. The van der Waals surface area contributed by atoms with Crippen LogP contribution in [0.25, 0.3) is 16.6 Å². The molecule has 0 unspecified atom stereocenters. The Kier molecular flexibility index (Phi) is 5.69. The molecule has 0 bridgehead atoms. The Morgan fingerprint density at radius 2 is 1.82 bits per heavy atom. The number of rotatable bonds is 8. The standard InChI is InChI=1S/C24H22N6O3/c1-16-11-17(3-7-22(16)33-19-5-8-23-26-15-28-30(23)13-19)29-24-20-12-18(32-10-9-31-2)4-6-21(20)25-14-27-24/h3-8,11-15H,9-10H2,1-2H3,(H,25,27,29). The van der Waals surface area contributed by atoms with Crippen LogP contribution < -0.4 is 14.8 Å². The monoisotopic (exact) mass is 442 g/mol. The molecule has 5 rings (SSSR count). The van der Waals surface area contributed by atoms with Gasteiger partial charge in [0.25, 0.3) is 0 Å². The molecular weight excluding hydrogens is 420 g/mol. The summed E-state index contributed by atoms with van der Waals surface area (Å²) in [6, 6.07) is 15.3. The van der Waals surface area contributed by atoms with E-state index in [0.717, 1.165) is 39.3 Å². The molecule has 1 N–H and O–H groups in total. The van der Waals surface area contributed by atoms with Crippen molar-refractivity contribution < 1.29 is 14.2 Å². The summed E-state index contributed by atoms with van der Waals surface area (Å²) in [7, 11) is 1.65. The first-order chi connectivity index (χ1) is 16.2. The zero-order valence-electron chi connectivity index (χ0n) is 18.2. The van der Waals surface area contributed by atoms with Crippen molar-refractivity contribution in [3.63, 3.8) is 0 Å². The fraction of sp³-hybridized carbons (Fsp3) is 0.167. The van der Waals surface area contributed by atoms with Crippen LogP contribution in [0.5, 0.6) is 17.2 Å². The molecule has 0 saturated heterocycles. The van der Waals surface area contributed by atoms with Crippen LogP contribution in [0.3, 0.4) is 0 Å². The van der Waals surface area contributed by atoms with Gasteiger partial charge < -0.3 is 19.5 Å². The summed E-state index contributed by atoms with van der Waals surface area (Å²) < 4.78 is 18.5. The fourth-order valence-electron chi connectivity index (χ4n) is 3.43. The van der Waals surface area contributed by atoms with E-state index in [0.29, 0.717) is 24.8 Å². The molecule has 0 atom stereocenters. The van der Waals surface area contributed by atoms with Crippen molar-refractivity contribution >= 4 is 28.1 Å². The van der Waals surface area contributed by atoms with E-state index in [-0.39, 0.29) is 0 Å². The number of nitrogens with one attached hydrogen (secondary N) is 1. The number of aryl methyl sites for hydroxylation is 1. The van der Waals surface area contributed by atoms with Crippen LogP contribution in [0.15, 0.2) is 67.4 Å². The van der Waals surface area contributed by atoms with Gasteiger partial charge in [-0.3, -0.25) is 0 Å². The van der Waals surface area contributed by atoms with Crippen molar-refractivity contribution in [3.05, 3.63) is 72.9 Å². The number of hydrogen-bond acceptors (Lipinski definition) is 8. The lowest BCUT2D eigenvalue weighted by Gasteiger charge is -2.13. The molecule has 0 aliphatic carbocycles. The van der Waals surface area contributed by atoms with E-state index in [4.69, 9.17) is 14.2 Å². The minimum atomic E-state index is 0.475. The van der Waals surface area contributed by atoms with Gasteiger partial charge in [-0.25, -0.2) is 19.5 Å². The second-order valence-electron chi connectivity index (χ2n) is 7.38. The van der Waals surface area contributed by atoms with Crippen LogP contribution in [-0.2, 0) is 4.74 Å². The molecule has 0 spiro atoms. The molecule has 3 heterocycles. The van der Waals surface area contributed by atoms with E-state index >= 15 is 0 Å². The Morgan fingerprint density at radius 3 is 2.70 bits per heavy atom. The molecule has 5 aromatic rings. The number of methoxy groups -OCH3 is 1. The van der Waals surface area contributed by atoms with Crippen LogP contribution in [0.2, 0.25) is 0 Å². The summed E-state index contributed by atoms with van der Waals surface area (Å²) in [6.07, 6.45) is 4.85. The summed E-state index contributed by atoms with van der Waals surface area (Å²) in [4.78, 5) is 12.9. The third-order valence-corrected chi connectivity index (χ3v) is 5.08. The average Bonchev–Trinajstić information content (AvgIpc) is 3.29. The number of nitrogens with zero attached hydrogens (tertiary/aromatic N) is 5. The summed E-state index contributed by atoms with van der Waals surface area (Å²) in [6.45, 7) is 2.99. The van der Waals surface area contributed by atoms with Gasteiger partial charge in [-0.2, -0.15) is 5.10 Å². The first-order valence-corrected chi connectivity index (χ1v) is 10.4. The van der Waals surface area contributed by atoms with Crippen LogP contribution >= 0.6 is 0 Å². The molecule has 9 heteroatoms. The van der Waals surface area contributed by atoms with Crippen molar-refractivity contribution in [2.24, 2.45) is 0 Å². The van der Waals surface area contributed by atoms with E-state index in [2.05, 4.69) is 25.4 Å². The molecular formula is C24H22N6O3. The number of ether oxygens (including phenoxy) is 3. The third-order valence-electron chi connectivity index (χ3n) is 5.08. The van der Waals surface area contributed by atoms with Gasteiger partial charge in [-0.05, 0) is 61.0 Å². The van der Waals surface area contributed by atoms with Gasteiger partial charge in [0.05, 0.1) is 18.3 Å². The lowest BCUT2D eigenvalue weighted by molar-refractivity contribution is 0.146. The molecule has 0 radical (unpaired) electrons. The van der Waals surface area contributed by atoms with E-state index in [1.165, 1.54) is 6.33 Å². The predicted octanol–water partition coefficient (Wildman–Crippen LogP) is 4.54. The minimum absolute atomic E-state index is 0.475. The molecule has 0 fully saturated rings. The van der Waals surface area contributed by atoms with Gasteiger partial charge >= 0.3 is 0 Å². The molecule has 0 aliphatic rings. The fourth-order valence-corrected chi connectivity index (χ4v) is 3.43. The Labute approximate surface area is 190 Å². The zero-order chi connectivity index (χ0) is 22.6. The Bertz CT molecular complexity index is 1420. The highest BCUT2D eigenvalue weighted by molar-refractivity contribution is 5.91. The number of fused-ring (bicyclic) bond motifs is 2. The quantitative estimate of drug-likeness (QED) is 0.350. The summed E-state index contributed by atoms with van der Waals surface area (Å²) >= 11 is 0. The van der Waals surface area contributed by atoms with Crippen molar-refractivity contribution in [1.82, 2.24) is 24.6 Å².